The zero-order valence-corrected chi connectivity index (χ0v) is 15.5. The Balaban J connectivity index is 0.00000243. The molecule has 2 aromatic rings. The van der Waals surface area contributed by atoms with E-state index in [-0.39, 0.29) is 35.9 Å². The summed E-state index contributed by atoms with van der Waals surface area (Å²) in [6.07, 6.45) is -0.746. The Hall–Kier alpha value is -2.11. The molecule has 3 rings (SSSR count). The number of hydrogen-bond acceptors (Lipinski definition) is 3. The van der Waals surface area contributed by atoms with Crippen LogP contribution >= 0.6 is 12.4 Å². The highest BCUT2D eigenvalue weighted by atomic mass is 35.5. The average Bonchev–Trinajstić information content (AvgIpc) is 3.08. The molecule has 1 fully saturated rings. The van der Waals surface area contributed by atoms with Crippen molar-refractivity contribution in [1.29, 1.82) is 0 Å². The second kappa shape index (κ2) is 9.01. The number of rotatable bonds is 5. The molecule has 0 bridgehead atoms. The molecule has 0 aromatic heterocycles. The van der Waals surface area contributed by atoms with Gasteiger partial charge >= 0.3 is 0 Å². The molecule has 1 heterocycles. The highest BCUT2D eigenvalue weighted by Gasteiger charge is 2.37. The van der Waals surface area contributed by atoms with Crippen molar-refractivity contribution in [2.24, 2.45) is 11.7 Å². The minimum Gasteiger partial charge on any atom is -0.478 e. The predicted molar refractivity (Wildman–Crippen MR) is 102 cm³/mol. The van der Waals surface area contributed by atoms with E-state index in [0.29, 0.717) is 19.6 Å². The van der Waals surface area contributed by atoms with Crippen LogP contribution in [0.2, 0.25) is 0 Å². The fourth-order valence-corrected chi connectivity index (χ4v) is 3.41. The molecule has 0 aliphatic carbocycles. The zero-order chi connectivity index (χ0) is 17.8. The topological polar surface area (TPSA) is 55.6 Å². The van der Waals surface area contributed by atoms with E-state index in [1.165, 1.54) is 17.7 Å². The van der Waals surface area contributed by atoms with E-state index in [1.807, 2.05) is 18.2 Å². The highest BCUT2D eigenvalue weighted by Crippen LogP contribution is 2.32. The Labute approximate surface area is 159 Å². The molecule has 26 heavy (non-hydrogen) atoms. The maximum Gasteiger partial charge on any atom is 0.263 e. The van der Waals surface area contributed by atoms with E-state index >= 15 is 0 Å². The van der Waals surface area contributed by atoms with Gasteiger partial charge in [0.15, 0.2) is 17.7 Å². The minimum atomic E-state index is -0.746. The maximum atomic E-state index is 13.7. The smallest absolute Gasteiger partial charge is 0.263 e. The number of para-hydroxylation sites is 1. The molecule has 1 aliphatic heterocycles. The SMILES string of the molecule is CC(Oc1ccccc1F)C(=O)N1C[C@@H](CN)[C@H](c2ccccc2)C1.Cl. The Morgan fingerprint density at radius 1 is 1.19 bits per heavy atom. The van der Waals surface area contributed by atoms with Gasteiger partial charge in [-0.25, -0.2) is 4.39 Å². The third kappa shape index (κ3) is 4.34. The number of halogens is 2. The third-order valence-electron chi connectivity index (χ3n) is 4.77. The summed E-state index contributed by atoms with van der Waals surface area (Å²) < 4.78 is 19.3. The first-order chi connectivity index (χ1) is 12.1. The molecule has 1 saturated heterocycles. The summed E-state index contributed by atoms with van der Waals surface area (Å²) in [6.45, 7) is 3.38. The molecule has 3 atom stereocenters. The van der Waals surface area contributed by atoms with Crippen LogP contribution in [0.1, 0.15) is 18.4 Å². The Morgan fingerprint density at radius 3 is 2.50 bits per heavy atom. The largest absolute Gasteiger partial charge is 0.478 e. The first-order valence-corrected chi connectivity index (χ1v) is 8.55. The van der Waals surface area contributed by atoms with Gasteiger partial charge in [-0.3, -0.25) is 4.79 Å². The summed E-state index contributed by atoms with van der Waals surface area (Å²) in [5, 5.41) is 0. The van der Waals surface area contributed by atoms with E-state index in [9.17, 15) is 9.18 Å². The van der Waals surface area contributed by atoms with Gasteiger partial charge in [-0.15, -0.1) is 12.4 Å². The fourth-order valence-electron chi connectivity index (χ4n) is 3.41. The van der Waals surface area contributed by atoms with Crippen LogP contribution in [-0.4, -0.2) is 36.5 Å². The molecular weight excluding hydrogens is 355 g/mol. The lowest BCUT2D eigenvalue weighted by Gasteiger charge is -2.22. The lowest BCUT2D eigenvalue weighted by Crippen LogP contribution is -2.39. The van der Waals surface area contributed by atoms with Crippen molar-refractivity contribution in [3.8, 4) is 5.75 Å². The number of ether oxygens (including phenoxy) is 1. The minimum absolute atomic E-state index is 0. The van der Waals surface area contributed by atoms with Crippen molar-refractivity contribution >= 4 is 18.3 Å². The van der Waals surface area contributed by atoms with Crippen LogP contribution < -0.4 is 10.5 Å². The fraction of sp³-hybridized carbons (Fsp3) is 0.350. The van der Waals surface area contributed by atoms with Crippen LogP contribution in [0.3, 0.4) is 0 Å². The summed E-state index contributed by atoms with van der Waals surface area (Å²) in [5.74, 6) is -0.0777. The third-order valence-corrected chi connectivity index (χ3v) is 4.77. The van der Waals surface area contributed by atoms with Crippen LogP contribution in [0.15, 0.2) is 54.6 Å². The molecule has 0 radical (unpaired) electrons. The lowest BCUT2D eigenvalue weighted by atomic mass is 9.89. The standard InChI is InChI=1S/C20H23FN2O2.ClH/c1-14(25-19-10-6-5-9-18(19)21)20(24)23-12-16(11-22)17(13-23)15-7-3-2-4-8-15;/h2-10,14,16-17H,11-13,22H2,1H3;1H/t14?,16-,17+;/m1./s1. The molecule has 1 amide bonds. The second-order valence-electron chi connectivity index (χ2n) is 6.45. The van der Waals surface area contributed by atoms with E-state index in [1.54, 1.807) is 24.0 Å². The van der Waals surface area contributed by atoms with Gasteiger partial charge in [-0.05, 0) is 37.1 Å². The van der Waals surface area contributed by atoms with Crippen LogP contribution in [0.4, 0.5) is 4.39 Å². The summed E-state index contributed by atoms with van der Waals surface area (Å²) in [4.78, 5) is 14.5. The van der Waals surface area contributed by atoms with Gasteiger partial charge in [-0.1, -0.05) is 42.5 Å². The highest BCUT2D eigenvalue weighted by molar-refractivity contribution is 5.85. The van der Waals surface area contributed by atoms with Crippen LogP contribution in [0.5, 0.6) is 5.75 Å². The molecule has 0 saturated carbocycles. The zero-order valence-electron chi connectivity index (χ0n) is 14.7. The molecule has 6 heteroatoms. The normalized spacial score (nSPS) is 20.3. The van der Waals surface area contributed by atoms with Crippen molar-refractivity contribution in [3.05, 3.63) is 66.0 Å². The van der Waals surface area contributed by atoms with Crippen molar-refractivity contribution in [3.63, 3.8) is 0 Å². The van der Waals surface area contributed by atoms with Gasteiger partial charge in [0.1, 0.15) is 0 Å². The average molecular weight is 379 g/mol. The van der Waals surface area contributed by atoms with Crippen LogP contribution in [-0.2, 0) is 4.79 Å². The number of benzene rings is 2. The molecule has 2 N–H and O–H groups in total. The van der Waals surface area contributed by atoms with Gasteiger partial charge < -0.3 is 15.4 Å². The van der Waals surface area contributed by atoms with E-state index in [2.05, 4.69) is 12.1 Å². The van der Waals surface area contributed by atoms with Gasteiger partial charge in [0.25, 0.3) is 5.91 Å². The number of carbonyl (C=O) groups excluding carboxylic acids is 1. The molecule has 140 valence electrons. The lowest BCUT2D eigenvalue weighted by molar-refractivity contribution is -0.137. The van der Waals surface area contributed by atoms with Crippen molar-refractivity contribution in [1.82, 2.24) is 4.90 Å². The number of amides is 1. The summed E-state index contributed by atoms with van der Waals surface area (Å²) in [7, 11) is 0. The van der Waals surface area contributed by atoms with E-state index in [0.717, 1.165) is 0 Å². The van der Waals surface area contributed by atoms with Gasteiger partial charge in [0, 0.05) is 19.0 Å². The number of nitrogens with zero attached hydrogens (tertiary/aromatic N) is 1. The molecule has 1 unspecified atom stereocenters. The van der Waals surface area contributed by atoms with Crippen molar-refractivity contribution in [2.45, 2.75) is 18.9 Å². The van der Waals surface area contributed by atoms with E-state index in [4.69, 9.17) is 10.5 Å². The predicted octanol–water partition coefficient (Wildman–Crippen LogP) is 3.22. The van der Waals surface area contributed by atoms with Crippen molar-refractivity contribution in [2.75, 3.05) is 19.6 Å². The first-order valence-electron chi connectivity index (χ1n) is 8.55. The molecule has 2 aromatic carbocycles. The maximum absolute atomic E-state index is 13.7. The number of carbonyl (C=O) groups is 1. The van der Waals surface area contributed by atoms with E-state index < -0.39 is 11.9 Å². The second-order valence-corrected chi connectivity index (χ2v) is 6.45. The quantitative estimate of drug-likeness (QED) is 0.869. The summed E-state index contributed by atoms with van der Waals surface area (Å²) in [6, 6.07) is 16.2. The summed E-state index contributed by atoms with van der Waals surface area (Å²) in [5.41, 5.74) is 7.12. The molecular formula is C20H24ClFN2O2. The van der Waals surface area contributed by atoms with Crippen LogP contribution in [0, 0.1) is 11.7 Å². The Bertz CT molecular complexity index is 729. The number of nitrogens with two attached hydrogens (primary N) is 1. The van der Waals surface area contributed by atoms with Gasteiger partial charge in [0.2, 0.25) is 0 Å². The Kier molecular flexibility index (Phi) is 7.00. The molecule has 4 nitrogen and oxygen atoms in total. The van der Waals surface area contributed by atoms with Gasteiger partial charge in [0.05, 0.1) is 0 Å². The molecule has 1 aliphatic rings. The Morgan fingerprint density at radius 2 is 1.85 bits per heavy atom. The number of likely N-dealkylation sites (tertiary alicyclic amines) is 1. The van der Waals surface area contributed by atoms with Crippen molar-refractivity contribution < 1.29 is 13.9 Å². The monoisotopic (exact) mass is 378 g/mol. The summed E-state index contributed by atoms with van der Waals surface area (Å²) >= 11 is 0. The molecule has 0 spiro atoms. The van der Waals surface area contributed by atoms with Gasteiger partial charge in [-0.2, -0.15) is 0 Å². The number of hydrogen-bond donors (Lipinski definition) is 1. The first kappa shape index (κ1) is 20.2. The van der Waals surface area contributed by atoms with Crippen LogP contribution in [0.25, 0.3) is 0 Å².